The number of hydrogen-bond acceptors (Lipinski definition) is 4. The fourth-order valence-corrected chi connectivity index (χ4v) is 2.25. The van der Waals surface area contributed by atoms with Gasteiger partial charge in [-0.25, -0.2) is 9.78 Å². The van der Waals surface area contributed by atoms with Crippen LogP contribution in [0.1, 0.15) is 17.4 Å². The molecule has 0 aliphatic carbocycles. The highest BCUT2D eigenvalue weighted by molar-refractivity contribution is 5.96. The summed E-state index contributed by atoms with van der Waals surface area (Å²) in [5, 5.41) is 9.93. The van der Waals surface area contributed by atoms with Gasteiger partial charge in [-0.2, -0.15) is 0 Å². The molecule has 21 heavy (non-hydrogen) atoms. The summed E-state index contributed by atoms with van der Waals surface area (Å²) in [7, 11) is 0. The molecule has 0 saturated carbocycles. The Balaban J connectivity index is 2.30. The van der Waals surface area contributed by atoms with Crippen LogP contribution in [0, 0.1) is 0 Å². The molecule has 0 bridgehead atoms. The van der Waals surface area contributed by atoms with Crippen molar-refractivity contribution in [1.82, 2.24) is 9.38 Å². The maximum Gasteiger partial charge on any atom is 0.357 e. The van der Waals surface area contributed by atoms with Crippen molar-refractivity contribution in [2.24, 2.45) is 0 Å². The highest BCUT2D eigenvalue weighted by atomic mass is 16.5. The van der Waals surface area contributed by atoms with Crippen LogP contribution in [0.25, 0.3) is 16.9 Å². The lowest BCUT2D eigenvalue weighted by atomic mass is 10.1. The standard InChI is InChI=1S/C16H14N2O3/c1-2-21-16(20)14-13(11-7-4-3-5-8-11)17-15-12(19)9-6-10-18(14)15/h3-10,19H,2H2,1H3. The summed E-state index contributed by atoms with van der Waals surface area (Å²) in [4.78, 5) is 16.7. The van der Waals surface area contributed by atoms with Crippen molar-refractivity contribution in [2.45, 2.75) is 6.92 Å². The van der Waals surface area contributed by atoms with Gasteiger partial charge in [0.15, 0.2) is 17.1 Å². The Morgan fingerprint density at radius 3 is 2.71 bits per heavy atom. The van der Waals surface area contributed by atoms with Gasteiger partial charge in [0.2, 0.25) is 0 Å². The second-order valence-corrected chi connectivity index (χ2v) is 4.48. The first-order valence-corrected chi connectivity index (χ1v) is 6.65. The third-order valence-electron chi connectivity index (χ3n) is 3.15. The largest absolute Gasteiger partial charge is 0.504 e. The van der Waals surface area contributed by atoms with E-state index in [0.29, 0.717) is 17.0 Å². The second kappa shape index (κ2) is 5.28. The van der Waals surface area contributed by atoms with E-state index in [0.717, 1.165) is 5.56 Å². The van der Waals surface area contributed by atoms with Crippen LogP contribution in [-0.4, -0.2) is 27.1 Å². The third kappa shape index (κ3) is 2.23. The molecule has 0 radical (unpaired) electrons. The Morgan fingerprint density at radius 2 is 2.00 bits per heavy atom. The topological polar surface area (TPSA) is 63.8 Å². The summed E-state index contributed by atoms with van der Waals surface area (Å²) >= 11 is 0. The van der Waals surface area contributed by atoms with Crippen LogP contribution in [0.5, 0.6) is 5.75 Å². The zero-order chi connectivity index (χ0) is 14.8. The number of ether oxygens (including phenoxy) is 1. The van der Waals surface area contributed by atoms with Crippen LogP contribution >= 0.6 is 0 Å². The first-order chi connectivity index (χ1) is 10.2. The minimum absolute atomic E-state index is 0.0187. The molecular weight excluding hydrogens is 268 g/mol. The maximum absolute atomic E-state index is 12.3. The summed E-state index contributed by atoms with van der Waals surface area (Å²) < 4.78 is 6.67. The number of pyridine rings is 1. The molecule has 0 spiro atoms. The molecule has 3 rings (SSSR count). The van der Waals surface area contributed by atoms with E-state index in [1.165, 1.54) is 6.07 Å². The number of aromatic nitrogens is 2. The van der Waals surface area contributed by atoms with E-state index >= 15 is 0 Å². The highest BCUT2D eigenvalue weighted by Crippen LogP contribution is 2.28. The molecule has 0 saturated heterocycles. The molecular formula is C16H14N2O3. The minimum Gasteiger partial charge on any atom is -0.504 e. The molecule has 2 heterocycles. The van der Waals surface area contributed by atoms with Gasteiger partial charge in [0.05, 0.1) is 6.61 Å². The highest BCUT2D eigenvalue weighted by Gasteiger charge is 2.22. The van der Waals surface area contributed by atoms with Crippen molar-refractivity contribution in [2.75, 3.05) is 6.61 Å². The maximum atomic E-state index is 12.3. The van der Waals surface area contributed by atoms with Gasteiger partial charge in [-0.3, -0.25) is 4.40 Å². The van der Waals surface area contributed by atoms with E-state index in [-0.39, 0.29) is 12.4 Å². The average molecular weight is 282 g/mol. The SMILES string of the molecule is CCOC(=O)c1c(-c2ccccc2)nc2c(O)cccn12. The lowest BCUT2D eigenvalue weighted by molar-refractivity contribution is 0.0519. The van der Waals surface area contributed by atoms with Gasteiger partial charge in [-0.1, -0.05) is 30.3 Å². The van der Waals surface area contributed by atoms with Gasteiger partial charge in [0.1, 0.15) is 5.69 Å². The molecule has 0 unspecified atom stereocenters. The number of esters is 1. The molecule has 0 fully saturated rings. The van der Waals surface area contributed by atoms with Crippen molar-refractivity contribution in [3.05, 3.63) is 54.4 Å². The van der Waals surface area contributed by atoms with Crippen LogP contribution in [0.4, 0.5) is 0 Å². The van der Waals surface area contributed by atoms with Gasteiger partial charge >= 0.3 is 5.97 Å². The first-order valence-electron chi connectivity index (χ1n) is 6.65. The number of aromatic hydroxyl groups is 1. The molecule has 0 atom stereocenters. The van der Waals surface area contributed by atoms with Gasteiger partial charge in [0, 0.05) is 11.8 Å². The summed E-state index contributed by atoms with van der Waals surface area (Å²) in [5.74, 6) is -0.445. The van der Waals surface area contributed by atoms with E-state index in [1.54, 1.807) is 23.6 Å². The average Bonchev–Trinajstić information content (AvgIpc) is 2.89. The Hall–Kier alpha value is -2.82. The number of fused-ring (bicyclic) bond motifs is 1. The Kier molecular flexibility index (Phi) is 3.31. The fourth-order valence-electron chi connectivity index (χ4n) is 2.25. The number of rotatable bonds is 3. The predicted octanol–water partition coefficient (Wildman–Crippen LogP) is 2.88. The molecule has 0 aliphatic rings. The van der Waals surface area contributed by atoms with Gasteiger partial charge in [-0.05, 0) is 19.1 Å². The van der Waals surface area contributed by atoms with Gasteiger partial charge in [-0.15, -0.1) is 0 Å². The molecule has 1 N–H and O–H groups in total. The van der Waals surface area contributed by atoms with E-state index in [4.69, 9.17) is 4.74 Å². The quantitative estimate of drug-likeness (QED) is 0.750. The second-order valence-electron chi connectivity index (χ2n) is 4.48. The van der Waals surface area contributed by atoms with Crippen molar-refractivity contribution >= 4 is 11.6 Å². The number of imidazole rings is 1. The van der Waals surface area contributed by atoms with Crippen molar-refractivity contribution in [1.29, 1.82) is 0 Å². The molecule has 3 aromatic rings. The zero-order valence-corrected chi connectivity index (χ0v) is 11.5. The van der Waals surface area contributed by atoms with E-state index in [9.17, 15) is 9.90 Å². The summed E-state index contributed by atoms with van der Waals surface area (Å²) in [6.07, 6.45) is 1.68. The molecule has 2 aromatic heterocycles. The summed E-state index contributed by atoms with van der Waals surface area (Å²) in [6, 6.07) is 12.5. The Labute approximate surface area is 121 Å². The van der Waals surface area contributed by atoms with E-state index in [2.05, 4.69) is 4.98 Å². The fraction of sp³-hybridized carbons (Fsp3) is 0.125. The van der Waals surface area contributed by atoms with Crippen LogP contribution in [0.3, 0.4) is 0 Å². The number of benzene rings is 1. The number of hydrogen-bond donors (Lipinski definition) is 1. The van der Waals surface area contributed by atoms with Crippen LogP contribution < -0.4 is 0 Å². The van der Waals surface area contributed by atoms with Crippen molar-refractivity contribution < 1.29 is 14.6 Å². The molecule has 5 nitrogen and oxygen atoms in total. The van der Waals surface area contributed by atoms with Crippen LogP contribution in [-0.2, 0) is 4.74 Å². The lowest BCUT2D eigenvalue weighted by Crippen LogP contribution is -2.09. The molecule has 0 aliphatic heterocycles. The molecule has 0 amide bonds. The summed E-state index contributed by atoms with van der Waals surface area (Å²) in [6.45, 7) is 2.03. The van der Waals surface area contributed by atoms with Crippen LogP contribution in [0.15, 0.2) is 48.7 Å². The Bertz CT molecular complexity index is 794. The number of nitrogens with zero attached hydrogens (tertiary/aromatic N) is 2. The monoisotopic (exact) mass is 282 g/mol. The number of carbonyl (C=O) groups excluding carboxylic acids is 1. The number of carbonyl (C=O) groups is 1. The molecule has 106 valence electrons. The van der Waals surface area contributed by atoms with Crippen molar-refractivity contribution in [3.8, 4) is 17.0 Å². The summed E-state index contributed by atoms with van der Waals surface area (Å²) in [5.41, 5.74) is 1.94. The minimum atomic E-state index is -0.463. The van der Waals surface area contributed by atoms with E-state index in [1.807, 2.05) is 30.3 Å². The lowest BCUT2D eigenvalue weighted by Gasteiger charge is -2.04. The van der Waals surface area contributed by atoms with Gasteiger partial charge < -0.3 is 9.84 Å². The predicted molar refractivity (Wildman–Crippen MR) is 78.2 cm³/mol. The normalized spacial score (nSPS) is 10.7. The smallest absolute Gasteiger partial charge is 0.357 e. The Morgan fingerprint density at radius 1 is 1.24 bits per heavy atom. The van der Waals surface area contributed by atoms with Crippen LogP contribution in [0.2, 0.25) is 0 Å². The van der Waals surface area contributed by atoms with Gasteiger partial charge in [0.25, 0.3) is 0 Å². The molecule has 5 heteroatoms. The molecule has 1 aromatic carbocycles. The third-order valence-corrected chi connectivity index (χ3v) is 3.15. The first kappa shape index (κ1) is 13.2. The van der Waals surface area contributed by atoms with E-state index < -0.39 is 5.97 Å². The zero-order valence-electron chi connectivity index (χ0n) is 11.5. The van der Waals surface area contributed by atoms with Crippen molar-refractivity contribution in [3.63, 3.8) is 0 Å².